The van der Waals surface area contributed by atoms with E-state index in [-0.39, 0.29) is 0 Å². The fourth-order valence-electron chi connectivity index (χ4n) is 2.73. The normalized spacial score (nSPS) is 39.2. The van der Waals surface area contributed by atoms with Crippen LogP contribution in [0.5, 0.6) is 0 Å². The summed E-state index contributed by atoms with van der Waals surface area (Å²) >= 11 is 0. The molecule has 0 amide bonds. The van der Waals surface area contributed by atoms with E-state index in [2.05, 4.69) is 11.8 Å². The molecule has 0 spiro atoms. The molecule has 3 unspecified atom stereocenters. The van der Waals surface area contributed by atoms with Crippen LogP contribution in [-0.2, 0) is 4.74 Å². The zero-order valence-corrected chi connectivity index (χ0v) is 9.82. The van der Waals surface area contributed by atoms with Crippen LogP contribution in [0.1, 0.15) is 32.6 Å². The quantitative estimate of drug-likeness (QED) is 0.748. The second-order valence-corrected chi connectivity index (χ2v) is 5.13. The van der Waals surface area contributed by atoms with Gasteiger partial charge in [-0.1, -0.05) is 6.42 Å². The van der Waals surface area contributed by atoms with E-state index in [4.69, 9.17) is 10.5 Å². The van der Waals surface area contributed by atoms with Crippen molar-refractivity contribution < 1.29 is 4.74 Å². The van der Waals surface area contributed by atoms with E-state index in [9.17, 15) is 0 Å². The van der Waals surface area contributed by atoms with E-state index in [1.165, 1.54) is 25.8 Å². The van der Waals surface area contributed by atoms with E-state index in [0.717, 1.165) is 32.2 Å². The summed E-state index contributed by atoms with van der Waals surface area (Å²) in [5.74, 6) is 0.555. The Bertz CT molecular complexity index is 178. The Hall–Kier alpha value is -0.120. The van der Waals surface area contributed by atoms with E-state index in [0.29, 0.717) is 12.0 Å². The number of nitrogens with two attached hydrogens (primary N) is 1. The van der Waals surface area contributed by atoms with Crippen LogP contribution in [0.25, 0.3) is 0 Å². The maximum atomic E-state index is 6.13. The third-order valence-electron chi connectivity index (χ3n) is 3.94. The van der Waals surface area contributed by atoms with Crippen molar-refractivity contribution >= 4 is 0 Å². The van der Waals surface area contributed by atoms with Crippen molar-refractivity contribution in [3.05, 3.63) is 0 Å². The van der Waals surface area contributed by atoms with Crippen LogP contribution < -0.4 is 5.73 Å². The smallest absolute Gasteiger partial charge is 0.0521 e. The molecule has 2 N–H and O–H groups in total. The van der Waals surface area contributed by atoms with Crippen molar-refractivity contribution in [2.45, 2.75) is 44.7 Å². The number of hydrogen-bond acceptors (Lipinski definition) is 3. The summed E-state index contributed by atoms with van der Waals surface area (Å²) in [6.45, 7) is 6.46. The minimum atomic E-state index is 0.355. The van der Waals surface area contributed by atoms with Crippen LogP contribution >= 0.6 is 0 Å². The molecule has 2 aliphatic rings. The molecule has 0 aromatic heterocycles. The molecule has 2 heterocycles. The number of likely N-dealkylation sites (tertiary alicyclic amines) is 1. The maximum absolute atomic E-state index is 6.13. The molecule has 0 saturated carbocycles. The Balaban J connectivity index is 1.83. The lowest BCUT2D eigenvalue weighted by Gasteiger charge is -2.38. The standard InChI is InChI=1S/C12H24N2O/c1-10-4-2-3-6-14(10)8-11-9-15-7-5-12(11)13/h10-12H,2-9,13H2,1H3. The van der Waals surface area contributed by atoms with Gasteiger partial charge in [0.25, 0.3) is 0 Å². The summed E-state index contributed by atoms with van der Waals surface area (Å²) < 4.78 is 5.52. The highest BCUT2D eigenvalue weighted by molar-refractivity contribution is 4.82. The molecule has 0 aromatic carbocycles. The van der Waals surface area contributed by atoms with Crippen LogP contribution in [0.4, 0.5) is 0 Å². The third kappa shape index (κ3) is 2.92. The second kappa shape index (κ2) is 5.28. The zero-order valence-electron chi connectivity index (χ0n) is 9.82. The second-order valence-electron chi connectivity index (χ2n) is 5.13. The van der Waals surface area contributed by atoms with Crippen LogP contribution in [-0.4, -0.2) is 43.3 Å². The number of rotatable bonds is 2. The molecule has 0 aliphatic carbocycles. The summed E-state index contributed by atoms with van der Waals surface area (Å²) in [5, 5.41) is 0. The molecule has 15 heavy (non-hydrogen) atoms. The molecule has 2 aliphatic heterocycles. The first-order valence-electron chi connectivity index (χ1n) is 6.35. The Morgan fingerprint density at radius 2 is 2.20 bits per heavy atom. The molecule has 88 valence electrons. The largest absolute Gasteiger partial charge is 0.381 e. The number of hydrogen-bond donors (Lipinski definition) is 1. The SMILES string of the molecule is CC1CCCCN1CC1COCCC1N. The molecular weight excluding hydrogens is 188 g/mol. The van der Waals surface area contributed by atoms with Crippen molar-refractivity contribution in [2.24, 2.45) is 11.7 Å². The highest BCUT2D eigenvalue weighted by atomic mass is 16.5. The van der Waals surface area contributed by atoms with E-state index >= 15 is 0 Å². The lowest BCUT2D eigenvalue weighted by Crippen LogP contribution is -2.48. The number of ether oxygens (including phenoxy) is 1. The van der Waals surface area contributed by atoms with E-state index in [1.54, 1.807) is 0 Å². The fraction of sp³-hybridized carbons (Fsp3) is 1.00. The molecule has 3 nitrogen and oxygen atoms in total. The van der Waals surface area contributed by atoms with Gasteiger partial charge in [0.05, 0.1) is 6.61 Å². The van der Waals surface area contributed by atoms with Gasteiger partial charge in [-0.25, -0.2) is 0 Å². The van der Waals surface area contributed by atoms with Gasteiger partial charge in [-0.3, -0.25) is 0 Å². The first kappa shape index (κ1) is 11.4. The van der Waals surface area contributed by atoms with Crippen molar-refractivity contribution in [1.82, 2.24) is 4.90 Å². The first-order valence-corrected chi connectivity index (χ1v) is 6.35. The Morgan fingerprint density at radius 1 is 1.33 bits per heavy atom. The lowest BCUT2D eigenvalue weighted by atomic mass is 9.94. The summed E-state index contributed by atoms with van der Waals surface area (Å²) in [6.07, 6.45) is 5.13. The lowest BCUT2D eigenvalue weighted by molar-refractivity contribution is 0.0153. The van der Waals surface area contributed by atoms with Crippen LogP contribution in [0, 0.1) is 5.92 Å². The molecule has 0 aromatic rings. The van der Waals surface area contributed by atoms with E-state index in [1.807, 2.05) is 0 Å². The predicted molar refractivity (Wildman–Crippen MR) is 61.8 cm³/mol. The van der Waals surface area contributed by atoms with Gasteiger partial charge in [0.15, 0.2) is 0 Å². The van der Waals surface area contributed by atoms with Crippen LogP contribution in [0.2, 0.25) is 0 Å². The van der Waals surface area contributed by atoms with Crippen molar-refractivity contribution in [1.29, 1.82) is 0 Å². The zero-order chi connectivity index (χ0) is 10.7. The van der Waals surface area contributed by atoms with Crippen molar-refractivity contribution in [2.75, 3.05) is 26.3 Å². The predicted octanol–water partition coefficient (Wildman–Crippen LogP) is 1.22. The maximum Gasteiger partial charge on any atom is 0.0521 e. The summed E-state index contributed by atoms with van der Waals surface area (Å²) in [5.41, 5.74) is 6.13. The van der Waals surface area contributed by atoms with Gasteiger partial charge < -0.3 is 15.4 Å². The summed E-state index contributed by atoms with van der Waals surface area (Å²) in [4.78, 5) is 2.60. The number of piperidine rings is 1. The van der Waals surface area contributed by atoms with Gasteiger partial charge in [0.2, 0.25) is 0 Å². The molecule has 0 bridgehead atoms. The van der Waals surface area contributed by atoms with Crippen LogP contribution in [0.3, 0.4) is 0 Å². The van der Waals surface area contributed by atoms with Gasteiger partial charge in [-0.15, -0.1) is 0 Å². The van der Waals surface area contributed by atoms with Gasteiger partial charge in [0, 0.05) is 31.2 Å². The summed E-state index contributed by atoms with van der Waals surface area (Å²) in [6, 6.07) is 1.10. The Labute approximate surface area is 93.0 Å². The molecule has 2 rings (SSSR count). The van der Waals surface area contributed by atoms with Gasteiger partial charge in [-0.2, -0.15) is 0 Å². The molecule has 2 saturated heterocycles. The van der Waals surface area contributed by atoms with Crippen molar-refractivity contribution in [3.63, 3.8) is 0 Å². The highest BCUT2D eigenvalue weighted by Gasteiger charge is 2.27. The monoisotopic (exact) mass is 212 g/mol. The van der Waals surface area contributed by atoms with Crippen molar-refractivity contribution in [3.8, 4) is 0 Å². The third-order valence-corrected chi connectivity index (χ3v) is 3.94. The topological polar surface area (TPSA) is 38.5 Å². The minimum Gasteiger partial charge on any atom is -0.381 e. The highest BCUT2D eigenvalue weighted by Crippen LogP contribution is 2.21. The average Bonchev–Trinajstić information content (AvgIpc) is 2.24. The fourth-order valence-corrected chi connectivity index (χ4v) is 2.73. The minimum absolute atomic E-state index is 0.355. The molecule has 0 radical (unpaired) electrons. The van der Waals surface area contributed by atoms with Gasteiger partial charge >= 0.3 is 0 Å². The Kier molecular flexibility index (Phi) is 4.00. The van der Waals surface area contributed by atoms with Gasteiger partial charge in [0.1, 0.15) is 0 Å². The van der Waals surface area contributed by atoms with E-state index < -0.39 is 0 Å². The van der Waals surface area contributed by atoms with Gasteiger partial charge in [-0.05, 0) is 32.7 Å². The Morgan fingerprint density at radius 3 is 2.93 bits per heavy atom. The molecule has 3 atom stereocenters. The molecular formula is C12H24N2O. The van der Waals surface area contributed by atoms with Crippen LogP contribution in [0.15, 0.2) is 0 Å². The number of nitrogens with zero attached hydrogens (tertiary/aromatic N) is 1. The summed E-state index contributed by atoms with van der Waals surface area (Å²) in [7, 11) is 0. The average molecular weight is 212 g/mol. The first-order chi connectivity index (χ1) is 7.27. The molecule has 3 heteroatoms. The molecule has 2 fully saturated rings.